The molecule has 2 rings (SSSR count). The number of halogens is 1. The van der Waals surface area contributed by atoms with Crippen molar-refractivity contribution in [3.63, 3.8) is 0 Å². The minimum Gasteiger partial charge on any atom is -0.388 e. The van der Waals surface area contributed by atoms with Crippen LogP contribution in [0.3, 0.4) is 0 Å². The summed E-state index contributed by atoms with van der Waals surface area (Å²) in [6.07, 6.45) is 0.940. The summed E-state index contributed by atoms with van der Waals surface area (Å²) in [5, 5.41) is 11.1. The number of aromatic nitrogens is 1. The van der Waals surface area contributed by atoms with Gasteiger partial charge in [-0.05, 0) is 24.6 Å². The molecule has 2 atom stereocenters. The average Bonchev–Trinajstić information content (AvgIpc) is 2.44. The van der Waals surface area contributed by atoms with Crippen LogP contribution >= 0.6 is 11.6 Å². The zero-order valence-electron chi connectivity index (χ0n) is 10.8. The van der Waals surface area contributed by atoms with Crippen molar-refractivity contribution in [3.8, 4) is 0 Å². The zero-order valence-corrected chi connectivity index (χ0v) is 11.5. The van der Waals surface area contributed by atoms with Crippen molar-refractivity contribution in [2.24, 2.45) is 5.73 Å². The topological polar surface area (TPSA) is 59.1 Å². The van der Waals surface area contributed by atoms with E-state index in [1.807, 2.05) is 43.3 Å². The van der Waals surface area contributed by atoms with Crippen LogP contribution in [0.5, 0.6) is 0 Å². The molecule has 0 aliphatic rings. The van der Waals surface area contributed by atoms with Crippen molar-refractivity contribution in [3.05, 3.63) is 64.4 Å². The molecule has 2 aromatic rings. The van der Waals surface area contributed by atoms with E-state index in [-0.39, 0.29) is 5.92 Å². The van der Waals surface area contributed by atoms with E-state index in [1.165, 1.54) is 0 Å². The van der Waals surface area contributed by atoms with Gasteiger partial charge in [0.25, 0.3) is 0 Å². The van der Waals surface area contributed by atoms with Gasteiger partial charge in [0.15, 0.2) is 0 Å². The quantitative estimate of drug-likeness (QED) is 0.903. The molecule has 0 fully saturated rings. The summed E-state index contributed by atoms with van der Waals surface area (Å²) in [4.78, 5) is 4.27. The van der Waals surface area contributed by atoms with Crippen molar-refractivity contribution >= 4 is 11.6 Å². The molecule has 3 N–H and O–H groups in total. The van der Waals surface area contributed by atoms with Gasteiger partial charge in [-0.15, -0.1) is 0 Å². The van der Waals surface area contributed by atoms with E-state index in [1.54, 1.807) is 6.20 Å². The Labute approximate surface area is 118 Å². The second-order valence-electron chi connectivity index (χ2n) is 4.52. The van der Waals surface area contributed by atoms with E-state index in [9.17, 15) is 5.11 Å². The molecule has 4 heteroatoms. The van der Waals surface area contributed by atoms with Gasteiger partial charge in [-0.1, -0.05) is 35.9 Å². The molecule has 0 radical (unpaired) electrons. The molecule has 1 heterocycles. The van der Waals surface area contributed by atoms with Gasteiger partial charge < -0.3 is 10.8 Å². The van der Waals surface area contributed by atoms with Gasteiger partial charge >= 0.3 is 0 Å². The maximum Gasteiger partial charge on any atom is 0.0900 e. The summed E-state index contributed by atoms with van der Waals surface area (Å²) >= 11 is 6.26. The van der Waals surface area contributed by atoms with Crippen LogP contribution in [0.1, 0.15) is 28.8 Å². The molecule has 0 bridgehead atoms. The first-order chi connectivity index (χ1) is 9.15. The Bertz CT molecular complexity index is 545. The van der Waals surface area contributed by atoms with E-state index in [2.05, 4.69) is 4.98 Å². The number of hydrogen-bond donors (Lipinski definition) is 2. The molecule has 2 unspecified atom stereocenters. The van der Waals surface area contributed by atoms with Crippen LogP contribution in [0, 0.1) is 6.92 Å². The van der Waals surface area contributed by atoms with Gasteiger partial charge in [0.1, 0.15) is 0 Å². The number of benzene rings is 1. The van der Waals surface area contributed by atoms with E-state index < -0.39 is 6.10 Å². The van der Waals surface area contributed by atoms with Crippen molar-refractivity contribution in [1.29, 1.82) is 0 Å². The normalized spacial score (nSPS) is 14.1. The Kier molecular flexibility index (Phi) is 4.53. The Morgan fingerprint density at radius 1 is 1.26 bits per heavy atom. The predicted octanol–water partition coefficient (Wildman–Crippen LogP) is 2.82. The first kappa shape index (κ1) is 14.0. The van der Waals surface area contributed by atoms with Crippen LogP contribution in [-0.2, 0) is 0 Å². The highest BCUT2D eigenvalue weighted by molar-refractivity contribution is 6.32. The lowest BCUT2D eigenvalue weighted by Crippen LogP contribution is -2.21. The van der Waals surface area contributed by atoms with Gasteiger partial charge in [-0.2, -0.15) is 0 Å². The summed E-state index contributed by atoms with van der Waals surface area (Å²) in [7, 11) is 0. The predicted molar refractivity (Wildman–Crippen MR) is 77.2 cm³/mol. The molecule has 0 saturated heterocycles. The van der Waals surface area contributed by atoms with Crippen LogP contribution in [0.2, 0.25) is 5.02 Å². The number of aliphatic hydroxyl groups excluding tert-OH is 1. The highest BCUT2D eigenvalue weighted by Gasteiger charge is 2.24. The second-order valence-corrected chi connectivity index (χ2v) is 4.90. The summed E-state index contributed by atoms with van der Waals surface area (Å²) in [5.74, 6) is -0.263. The van der Waals surface area contributed by atoms with Gasteiger partial charge in [0, 0.05) is 34.9 Å². The van der Waals surface area contributed by atoms with E-state index in [4.69, 9.17) is 17.3 Å². The number of nitrogens with zero attached hydrogens (tertiary/aromatic N) is 1. The Morgan fingerprint density at radius 2 is 2.05 bits per heavy atom. The largest absolute Gasteiger partial charge is 0.388 e. The maximum absolute atomic E-state index is 10.5. The molecular weight excluding hydrogens is 260 g/mol. The molecule has 0 spiro atoms. The summed E-state index contributed by atoms with van der Waals surface area (Å²) < 4.78 is 0. The van der Waals surface area contributed by atoms with Gasteiger partial charge in [-0.25, -0.2) is 0 Å². The fraction of sp³-hybridized carbons (Fsp3) is 0.267. The molecule has 1 aromatic carbocycles. The van der Waals surface area contributed by atoms with Crippen LogP contribution < -0.4 is 5.73 Å². The first-order valence-corrected chi connectivity index (χ1v) is 6.57. The number of nitrogens with two attached hydrogens (primary N) is 1. The fourth-order valence-corrected chi connectivity index (χ4v) is 2.36. The number of aryl methyl sites for hydroxylation is 1. The fourth-order valence-electron chi connectivity index (χ4n) is 2.12. The molecule has 0 saturated carbocycles. The molecule has 3 nitrogen and oxygen atoms in total. The third-order valence-electron chi connectivity index (χ3n) is 3.24. The maximum atomic E-state index is 10.5. The molecular formula is C15H17ClN2O. The average molecular weight is 277 g/mol. The van der Waals surface area contributed by atoms with Gasteiger partial charge in [0.2, 0.25) is 0 Å². The number of pyridine rings is 1. The lowest BCUT2D eigenvalue weighted by Gasteiger charge is -2.22. The Hall–Kier alpha value is -1.42. The summed E-state index contributed by atoms with van der Waals surface area (Å²) in [6, 6.07) is 11.2. The van der Waals surface area contributed by atoms with Crippen LogP contribution in [0.25, 0.3) is 0 Å². The van der Waals surface area contributed by atoms with Crippen molar-refractivity contribution in [1.82, 2.24) is 4.98 Å². The molecule has 0 aliphatic heterocycles. The number of rotatable bonds is 4. The monoisotopic (exact) mass is 276 g/mol. The van der Waals surface area contributed by atoms with E-state index in [0.717, 1.165) is 11.3 Å². The molecule has 0 amide bonds. The minimum atomic E-state index is -0.757. The van der Waals surface area contributed by atoms with E-state index >= 15 is 0 Å². The van der Waals surface area contributed by atoms with E-state index in [0.29, 0.717) is 17.1 Å². The lowest BCUT2D eigenvalue weighted by atomic mass is 9.91. The molecule has 19 heavy (non-hydrogen) atoms. The second kappa shape index (κ2) is 6.15. The smallest absolute Gasteiger partial charge is 0.0900 e. The Balaban J connectivity index is 2.36. The minimum absolute atomic E-state index is 0.263. The zero-order chi connectivity index (χ0) is 13.8. The number of hydrogen-bond acceptors (Lipinski definition) is 3. The first-order valence-electron chi connectivity index (χ1n) is 6.19. The van der Waals surface area contributed by atoms with Crippen LogP contribution in [0.4, 0.5) is 0 Å². The summed E-state index contributed by atoms with van der Waals surface area (Å²) in [5.41, 5.74) is 8.20. The third kappa shape index (κ3) is 2.95. The van der Waals surface area contributed by atoms with Crippen molar-refractivity contribution in [2.75, 3.05) is 6.54 Å². The molecule has 0 aliphatic carbocycles. The SMILES string of the molecule is Cc1cccc(C(O)C(CN)c2ccccn2)c1Cl. The summed E-state index contributed by atoms with van der Waals surface area (Å²) in [6.45, 7) is 2.22. The highest BCUT2D eigenvalue weighted by atomic mass is 35.5. The van der Waals surface area contributed by atoms with Crippen molar-refractivity contribution < 1.29 is 5.11 Å². The lowest BCUT2D eigenvalue weighted by molar-refractivity contribution is 0.146. The standard InChI is InChI=1S/C15H17ClN2O/c1-10-5-4-6-11(14(10)16)15(19)12(9-17)13-7-2-3-8-18-13/h2-8,12,15,19H,9,17H2,1H3. The molecule has 1 aromatic heterocycles. The van der Waals surface area contributed by atoms with Crippen molar-refractivity contribution in [2.45, 2.75) is 18.9 Å². The van der Waals surface area contributed by atoms with Crippen LogP contribution in [0.15, 0.2) is 42.6 Å². The number of aliphatic hydroxyl groups is 1. The Morgan fingerprint density at radius 3 is 2.68 bits per heavy atom. The highest BCUT2D eigenvalue weighted by Crippen LogP contribution is 2.34. The van der Waals surface area contributed by atoms with Crippen LogP contribution in [-0.4, -0.2) is 16.6 Å². The third-order valence-corrected chi connectivity index (χ3v) is 3.76. The van der Waals surface area contributed by atoms with Gasteiger partial charge in [0.05, 0.1) is 6.10 Å². The molecule has 100 valence electrons. The van der Waals surface area contributed by atoms with Gasteiger partial charge in [-0.3, -0.25) is 4.98 Å².